The molecule has 1 aromatic rings. The number of esters is 1. The van der Waals surface area contributed by atoms with Crippen LogP contribution in [0.25, 0.3) is 0 Å². The standard InChI is InChI=1S/C9H10N2O3/c10-7-3-1-2-6(4-7)9(13)14-5-8(11)12/h1-4H,5,10H2,(H2,11,12). The number of amides is 1. The Bertz CT molecular complexity index is 363. The average molecular weight is 194 g/mol. The van der Waals surface area contributed by atoms with Gasteiger partial charge in [0.25, 0.3) is 5.91 Å². The van der Waals surface area contributed by atoms with Gasteiger partial charge in [0.15, 0.2) is 6.61 Å². The number of anilines is 1. The van der Waals surface area contributed by atoms with Crippen molar-refractivity contribution in [1.29, 1.82) is 0 Å². The highest BCUT2D eigenvalue weighted by Crippen LogP contribution is 2.07. The second kappa shape index (κ2) is 4.27. The van der Waals surface area contributed by atoms with Crippen LogP contribution in [0.1, 0.15) is 10.4 Å². The fourth-order valence-electron chi connectivity index (χ4n) is 0.886. The summed E-state index contributed by atoms with van der Waals surface area (Å²) in [7, 11) is 0. The van der Waals surface area contributed by atoms with Gasteiger partial charge in [0.2, 0.25) is 0 Å². The third kappa shape index (κ3) is 2.78. The molecule has 0 atom stereocenters. The van der Waals surface area contributed by atoms with E-state index in [4.69, 9.17) is 11.5 Å². The SMILES string of the molecule is NC(=O)COC(=O)c1cccc(N)c1. The number of carbonyl (C=O) groups excluding carboxylic acids is 2. The minimum absolute atomic E-state index is 0.297. The van der Waals surface area contributed by atoms with E-state index in [9.17, 15) is 9.59 Å². The maximum atomic E-state index is 11.2. The summed E-state index contributed by atoms with van der Waals surface area (Å²) in [5, 5.41) is 0. The molecule has 14 heavy (non-hydrogen) atoms. The molecular formula is C9H10N2O3. The number of benzene rings is 1. The molecular weight excluding hydrogens is 184 g/mol. The lowest BCUT2D eigenvalue weighted by Gasteiger charge is -2.02. The van der Waals surface area contributed by atoms with Crippen LogP contribution in [0.15, 0.2) is 24.3 Å². The highest BCUT2D eigenvalue weighted by Gasteiger charge is 2.07. The van der Waals surface area contributed by atoms with Gasteiger partial charge in [-0.2, -0.15) is 0 Å². The largest absolute Gasteiger partial charge is 0.452 e. The molecule has 0 fully saturated rings. The summed E-state index contributed by atoms with van der Waals surface area (Å²) in [5.41, 5.74) is 11.0. The lowest BCUT2D eigenvalue weighted by Crippen LogP contribution is -2.20. The van der Waals surface area contributed by atoms with Crippen LogP contribution in [0, 0.1) is 0 Å². The van der Waals surface area contributed by atoms with Gasteiger partial charge in [-0.25, -0.2) is 4.79 Å². The van der Waals surface area contributed by atoms with Crippen molar-refractivity contribution in [3.63, 3.8) is 0 Å². The van der Waals surface area contributed by atoms with E-state index in [2.05, 4.69) is 4.74 Å². The number of hydrogen-bond donors (Lipinski definition) is 2. The van der Waals surface area contributed by atoms with E-state index in [-0.39, 0.29) is 0 Å². The number of ether oxygens (including phenoxy) is 1. The van der Waals surface area contributed by atoms with Crippen molar-refractivity contribution in [2.45, 2.75) is 0 Å². The Morgan fingerprint density at radius 1 is 1.36 bits per heavy atom. The minimum atomic E-state index is -0.692. The lowest BCUT2D eigenvalue weighted by atomic mass is 10.2. The van der Waals surface area contributed by atoms with Crippen LogP contribution in [0.3, 0.4) is 0 Å². The van der Waals surface area contributed by atoms with Crippen LogP contribution >= 0.6 is 0 Å². The second-order valence-corrected chi connectivity index (χ2v) is 2.67. The Morgan fingerprint density at radius 2 is 2.07 bits per heavy atom. The van der Waals surface area contributed by atoms with Gasteiger partial charge < -0.3 is 16.2 Å². The Hall–Kier alpha value is -2.04. The van der Waals surface area contributed by atoms with Crippen LogP contribution in [0.4, 0.5) is 5.69 Å². The van der Waals surface area contributed by atoms with Gasteiger partial charge in [0.1, 0.15) is 0 Å². The van der Waals surface area contributed by atoms with Gasteiger partial charge in [-0.15, -0.1) is 0 Å². The Kier molecular flexibility index (Phi) is 3.06. The van der Waals surface area contributed by atoms with Crippen molar-refractivity contribution in [3.05, 3.63) is 29.8 Å². The Labute approximate surface area is 80.6 Å². The predicted octanol–water partition coefficient (Wildman–Crippen LogP) is -0.0891. The van der Waals surface area contributed by atoms with E-state index in [1.54, 1.807) is 18.2 Å². The number of rotatable bonds is 3. The minimum Gasteiger partial charge on any atom is -0.452 e. The van der Waals surface area contributed by atoms with Crippen molar-refractivity contribution in [3.8, 4) is 0 Å². The molecule has 0 radical (unpaired) electrons. The first-order chi connectivity index (χ1) is 6.59. The third-order valence-electron chi connectivity index (χ3n) is 1.47. The predicted molar refractivity (Wildman–Crippen MR) is 50.3 cm³/mol. The van der Waals surface area contributed by atoms with Crippen molar-refractivity contribution in [2.24, 2.45) is 5.73 Å². The maximum Gasteiger partial charge on any atom is 0.338 e. The fraction of sp³-hybridized carbons (Fsp3) is 0.111. The Balaban J connectivity index is 2.65. The van der Waals surface area contributed by atoms with Gasteiger partial charge in [-0.3, -0.25) is 4.79 Å². The van der Waals surface area contributed by atoms with Gasteiger partial charge in [0, 0.05) is 5.69 Å². The van der Waals surface area contributed by atoms with Gasteiger partial charge >= 0.3 is 5.97 Å². The van der Waals surface area contributed by atoms with E-state index >= 15 is 0 Å². The fourth-order valence-corrected chi connectivity index (χ4v) is 0.886. The van der Waals surface area contributed by atoms with E-state index in [0.29, 0.717) is 11.3 Å². The molecule has 0 heterocycles. The first kappa shape index (κ1) is 10.0. The van der Waals surface area contributed by atoms with E-state index in [1.807, 2.05) is 0 Å². The number of primary amides is 1. The summed E-state index contributed by atoms with van der Waals surface area (Å²) >= 11 is 0. The molecule has 0 aliphatic heterocycles. The zero-order valence-corrected chi connectivity index (χ0v) is 7.40. The average Bonchev–Trinajstić information content (AvgIpc) is 2.14. The van der Waals surface area contributed by atoms with Gasteiger partial charge in [0.05, 0.1) is 5.56 Å². The van der Waals surface area contributed by atoms with Crippen LogP contribution in [0.5, 0.6) is 0 Å². The van der Waals surface area contributed by atoms with Crippen molar-refractivity contribution < 1.29 is 14.3 Å². The highest BCUT2D eigenvalue weighted by atomic mass is 16.5. The normalized spacial score (nSPS) is 9.43. The smallest absolute Gasteiger partial charge is 0.338 e. The summed E-state index contributed by atoms with van der Waals surface area (Å²) in [5.74, 6) is -1.31. The molecule has 0 aliphatic carbocycles. The maximum absolute atomic E-state index is 11.2. The van der Waals surface area contributed by atoms with Crippen molar-refractivity contribution in [2.75, 3.05) is 12.3 Å². The van der Waals surface area contributed by atoms with Gasteiger partial charge in [-0.1, -0.05) is 6.07 Å². The molecule has 1 rings (SSSR count). The van der Waals surface area contributed by atoms with E-state index in [1.165, 1.54) is 6.07 Å². The molecule has 74 valence electrons. The molecule has 0 saturated heterocycles. The topological polar surface area (TPSA) is 95.4 Å². The number of carbonyl (C=O) groups is 2. The monoisotopic (exact) mass is 194 g/mol. The molecule has 0 unspecified atom stereocenters. The zero-order chi connectivity index (χ0) is 10.6. The first-order valence-corrected chi connectivity index (χ1v) is 3.90. The number of nitrogens with two attached hydrogens (primary N) is 2. The molecule has 0 spiro atoms. The zero-order valence-electron chi connectivity index (χ0n) is 7.40. The summed E-state index contributed by atoms with van der Waals surface area (Å²) < 4.78 is 4.58. The van der Waals surface area contributed by atoms with E-state index < -0.39 is 18.5 Å². The summed E-state index contributed by atoms with van der Waals surface area (Å²) in [6.45, 7) is -0.423. The van der Waals surface area contributed by atoms with E-state index in [0.717, 1.165) is 0 Å². The van der Waals surface area contributed by atoms with Crippen LogP contribution < -0.4 is 11.5 Å². The van der Waals surface area contributed by atoms with Crippen molar-refractivity contribution in [1.82, 2.24) is 0 Å². The molecule has 1 amide bonds. The summed E-state index contributed by atoms with van der Waals surface area (Å²) in [4.78, 5) is 21.5. The quantitative estimate of drug-likeness (QED) is 0.519. The van der Waals surface area contributed by atoms with Crippen molar-refractivity contribution >= 4 is 17.6 Å². The molecule has 0 aromatic heterocycles. The second-order valence-electron chi connectivity index (χ2n) is 2.67. The van der Waals surface area contributed by atoms with Crippen LogP contribution in [-0.2, 0) is 9.53 Å². The molecule has 5 nitrogen and oxygen atoms in total. The van der Waals surface area contributed by atoms with Crippen LogP contribution in [0.2, 0.25) is 0 Å². The Morgan fingerprint density at radius 3 is 2.64 bits per heavy atom. The molecule has 0 saturated carbocycles. The molecule has 1 aromatic carbocycles. The molecule has 4 N–H and O–H groups in total. The molecule has 0 bridgehead atoms. The summed E-state index contributed by atoms with van der Waals surface area (Å²) in [6, 6.07) is 6.27. The van der Waals surface area contributed by atoms with Gasteiger partial charge in [-0.05, 0) is 18.2 Å². The van der Waals surface area contributed by atoms with Crippen LogP contribution in [-0.4, -0.2) is 18.5 Å². The lowest BCUT2D eigenvalue weighted by molar-refractivity contribution is -0.121. The summed E-state index contributed by atoms with van der Waals surface area (Å²) in [6.07, 6.45) is 0. The highest BCUT2D eigenvalue weighted by molar-refractivity contribution is 5.91. The third-order valence-corrected chi connectivity index (χ3v) is 1.47. The number of hydrogen-bond acceptors (Lipinski definition) is 4. The number of nitrogen functional groups attached to an aromatic ring is 1. The molecule has 0 aliphatic rings. The first-order valence-electron chi connectivity index (χ1n) is 3.90. The molecule has 5 heteroatoms.